The second-order valence-electron chi connectivity index (χ2n) is 6.21. The number of aryl methyl sites for hydroxylation is 1. The van der Waals surface area contributed by atoms with Crippen LogP contribution in [0.2, 0.25) is 0 Å². The summed E-state index contributed by atoms with van der Waals surface area (Å²) in [5, 5.41) is 3.01. The summed E-state index contributed by atoms with van der Waals surface area (Å²) in [6.07, 6.45) is 0. The highest BCUT2D eigenvalue weighted by Gasteiger charge is 2.21. The maximum atomic E-state index is 12.2. The van der Waals surface area contributed by atoms with Gasteiger partial charge in [0.15, 0.2) is 0 Å². The third kappa shape index (κ3) is 5.88. The lowest BCUT2D eigenvalue weighted by Crippen LogP contribution is -2.39. The molecule has 0 atom stereocenters. The molecule has 0 aromatic carbocycles. The number of nitrogens with two attached hydrogens (primary N) is 1. The lowest BCUT2D eigenvalue weighted by Gasteiger charge is -2.28. The first kappa shape index (κ1) is 17.7. The lowest BCUT2D eigenvalue weighted by molar-refractivity contribution is 0.0933. The Hall–Kier alpha value is -1.35. The van der Waals surface area contributed by atoms with Gasteiger partial charge in [0.1, 0.15) is 0 Å². The van der Waals surface area contributed by atoms with Gasteiger partial charge < -0.3 is 16.0 Å². The summed E-state index contributed by atoms with van der Waals surface area (Å²) in [6, 6.07) is 1.89. The van der Waals surface area contributed by atoms with E-state index in [1.807, 2.05) is 27.1 Å². The minimum atomic E-state index is -0.0317. The van der Waals surface area contributed by atoms with Crippen LogP contribution in [0.15, 0.2) is 6.07 Å². The summed E-state index contributed by atoms with van der Waals surface area (Å²) < 4.78 is 0. The van der Waals surface area contributed by atoms with Crippen LogP contribution in [0.25, 0.3) is 0 Å². The van der Waals surface area contributed by atoms with Crippen LogP contribution in [0.5, 0.6) is 0 Å². The van der Waals surface area contributed by atoms with Gasteiger partial charge in [0.05, 0.1) is 16.3 Å². The van der Waals surface area contributed by atoms with Crippen molar-refractivity contribution in [2.75, 3.05) is 33.7 Å². The van der Waals surface area contributed by atoms with Gasteiger partial charge >= 0.3 is 0 Å². The SMILES string of the molecule is Cc1cc(C(=O)NCC(C)(C)CN(C)C)sc1C#CCN. The second-order valence-corrected chi connectivity index (χ2v) is 7.27. The number of nitrogens with zero attached hydrogens (tertiary/aromatic N) is 1. The Labute approximate surface area is 131 Å². The van der Waals surface area contributed by atoms with Crippen molar-refractivity contribution in [1.29, 1.82) is 0 Å². The molecule has 0 saturated heterocycles. The average molecular weight is 307 g/mol. The molecule has 1 heterocycles. The van der Waals surface area contributed by atoms with Crippen molar-refractivity contribution >= 4 is 17.2 Å². The molecule has 5 heteroatoms. The van der Waals surface area contributed by atoms with Gasteiger partial charge in [-0.1, -0.05) is 25.7 Å². The predicted octanol–water partition coefficient (Wildman–Crippen LogP) is 1.68. The van der Waals surface area contributed by atoms with Crippen molar-refractivity contribution in [3.63, 3.8) is 0 Å². The molecule has 1 aromatic rings. The standard InChI is InChI=1S/C16H25N3OS/c1-12-9-14(21-13(12)7-6-8-17)15(20)18-10-16(2,3)11-19(4)5/h9H,8,10-11,17H2,1-5H3,(H,18,20). The number of hydrogen-bond acceptors (Lipinski definition) is 4. The molecule has 0 bridgehead atoms. The fourth-order valence-electron chi connectivity index (χ4n) is 2.17. The van der Waals surface area contributed by atoms with Crippen LogP contribution in [-0.4, -0.2) is 44.5 Å². The number of carbonyl (C=O) groups excluding carboxylic acids is 1. The highest BCUT2D eigenvalue weighted by Crippen LogP contribution is 2.21. The number of nitrogens with one attached hydrogen (secondary N) is 1. The summed E-state index contributed by atoms with van der Waals surface area (Å²) in [5.74, 6) is 5.80. The Bertz CT molecular complexity index is 550. The Balaban J connectivity index is 2.68. The molecule has 0 saturated carbocycles. The zero-order chi connectivity index (χ0) is 16.0. The molecule has 0 radical (unpaired) electrons. The van der Waals surface area contributed by atoms with Crippen molar-refractivity contribution in [2.24, 2.45) is 11.1 Å². The summed E-state index contributed by atoms with van der Waals surface area (Å²) in [6.45, 7) is 8.15. The first-order valence-electron chi connectivity index (χ1n) is 6.97. The fraction of sp³-hybridized carbons (Fsp3) is 0.562. The van der Waals surface area contributed by atoms with E-state index >= 15 is 0 Å². The van der Waals surface area contributed by atoms with Crippen LogP contribution in [0, 0.1) is 24.2 Å². The quantitative estimate of drug-likeness (QED) is 0.814. The Kier molecular flexibility index (Phi) is 6.41. The number of rotatable bonds is 5. The molecule has 3 N–H and O–H groups in total. The van der Waals surface area contributed by atoms with Gasteiger partial charge in [0, 0.05) is 13.1 Å². The topological polar surface area (TPSA) is 58.4 Å². The van der Waals surface area contributed by atoms with Crippen LogP contribution in [0.4, 0.5) is 0 Å². The zero-order valence-electron chi connectivity index (χ0n) is 13.5. The molecule has 0 aliphatic rings. The highest BCUT2D eigenvalue weighted by molar-refractivity contribution is 7.14. The van der Waals surface area contributed by atoms with Crippen molar-refractivity contribution in [3.8, 4) is 11.8 Å². The average Bonchev–Trinajstić information content (AvgIpc) is 2.73. The predicted molar refractivity (Wildman–Crippen MR) is 89.7 cm³/mol. The number of thiophene rings is 1. The molecule has 1 rings (SSSR count). The normalized spacial score (nSPS) is 11.2. The van der Waals surface area contributed by atoms with E-state index in [0.29, 0.717) is 18.0 Å². The fourth-order valence-corrected chi connectivity index (χ4v) is 3.13. The summed E-state index contributed by atoms with van der Waals surface area (Å²) in [4.78, 5) is 16.0. The van der Waals surface area contributed by atoms with Gasteiger partial charge in [0.25, 0.3) is 5.91 Å². The summed E-state index contributed by atoms with van der Waals surface area (Å²) in [5.41, 5.74) is 6.44. The van der Waals surface area contributed by atoms with E-state index in [0.717, 1.165) is 17.0 Å². The van der Waals surface area contributed by atoms with E-state index < -0.39 is 0 Å². The molecule has 0 aliphatic heterocycles. The van der Waals surface area contributed by atoms with Crippen LogP contribution in [-0.2, 0) is 0 Å². The van der Waals surface area contributed by atoms with Crippen LogP contribution >= 0.6 is 11.3 Å². The smallest absolute Gasteiger partial charge is 0.261 e. The third-order valence-electron chi connectivity index (χ3n) is 2.92. The van der Waals surface area contributed by atoms with E-state index in [1.165, 1.54) is 11.3 Å². The van der Waals surface area contributed by atoms with Gasteiger partial charge in [-0.2, -0.15) is 0 Å². The van der Waals surface area contributed by atoms with Crippen molar-refractivity contribution in [1.82, 2.24) is 10.2 Å². The molecule has 21 heavy (non-hydrogen) atoms. The van der Waals surface area contributed by atoms with Gasteiger partial charge in [-0.05, 0) is 38.1 Å². The molecule has 0 spiro atoms. The minimum absolute atomic E-state index is 0.0317. The van der Waals surface area contributed by atoms with Crippen LogP contribution in [0.3, 0.4) is 0 Å². The molecule has 0 unspecified atom stereocenters. The molecular weight excluding hydrogens is 282 g/mol. The summed E-state index contributed by atoms with van der Waals surface area (Å²) in [7, 11) is 4.07. The number of carbonyl (C=O) groups is 1. The Morgan fingerprint density at radius 3 is 2.71 bits per heavy atom. The highest BCUT2D eigenvalue weighted by atomic mass is 32.1. The van der Waals surface area contributed by atoms with E-state index in [1.54, 1.807) is 0 Å². The minimum Gasteiger partial charge on any atom is -0.351 e. The first-order chi connectivity index (χ1) is 9.75. The molecule has 116 valence electrons. The largest absolute Gasteiger partial charge is 0.351 e. The van der Waals surface area contributed by atoms with Crippen LogP contribution < -0.4 is 11.1 Å². The molecule has 1 aromatic heterocycles. The number of hydrogen-bond donors (Lipinski definition) is 2. The summed E-state index contributed by atoms with van der Waals surface area (Å²) >= 11 is 1.42. The first-order valence-corrected chi connectivity index (χ1v) is 7.79. The molecule has 0 aliphatic carbocycles. The Morgan fingerprint density at radius 1 is 1.48 bits per heavy atom. The molecule has 0 fully saturated rings. The van der Waals surface area contributed by atoms with E-state index in [4.69, 9.17) is 5.73 Å². The van der Waals surface area contributed by atoms with E-state index in [9.17, 15) is 4.79 Å². The number of amides is 1. The van der Waals surface area contributed by atoms with Crippen molar-refractivity contribution < 1.29 is 4.79 Å². The van der Waals surface area contributed by atoms with Gasteiger partial charge in [-0.15, -0.1) is 11.3 Å². The molecular formula is C16H25N3OS. The maximum absolute atomic E-state index is 12.2. The van der Waals surface area contributed by atoms with Crippen LogP contribution in [0.1, 0.15) is 34.0 Å². The zero-order valence-corrected chi connectivity index (χ0v) is 14.4. The van der Waals surface area contributed by atoms with E-state index in [2.05, 4.69) is 35.9 Å². The van der Waals surface area contributed by atoms with Crippen molar-refractivity contribution in [3.05, 3.63) is 21.4 Å². The lowest BCUT2D eigenvalue weighted by atomic mass is 9.93. The monoisotopic (exact) mass is 307 g/mol. The van der Waals surface area contributed by atoms with Gasteiger partial charge in [0.2, 0.25) is 0 Å². The Morgan fingerprint density at radius 2 is 2.14 bits per heavy atom. The third-order valence-corrected chi connectivity index (χ3v) is 4.07. The van der Waals surface area contributed by atoms with Gasteiger partial charge in [-0.3, -0.25) is 4.79 Å². The van der Waals surface area contributed by atoms with Gasteiger partial charge in [-0.25, -0.2) is 0 Å². The van der Waals surface area contributed by atoms with E-state index in [-0.39, 0.29) is 11.3 Å². The molecule has 1 amide bonds. The van der Waals surface area contributed by atoms with Crippen molar-refractivity contribution in [2.45, 2.75) is 20.8 Å². The molecule has 4 nitrogen and oxygen atoms in total. The second kappa shape index (κ2) is 7.60. The maximum Gasteiger partial charge on any atom is 0.261 e.